The zero-order chi connectivity index (χ0) is 40.6. The number of carbonyl (C=O) groups is 3. The number of rotatable bonds is 13. The van der Waals surface area contributed by atoms with Gasteiger partial charge in [0.05, 0.1) is 20.3 Å². The second-order valence-corrected chi connectivity index (χ2v) is 17.2. The zero-order valence-corrected chi connectivity index (χ0v) is 33.4. The molecule has 1 aromatic heterocycles. The standard InChI is InChI=1S/C40H50N8O8S/c1-40(2,3)56-39(51)41-25-26-8-10-29(11-9-26)37(49)43-33(38(50)42-32-15-12-28(13-16-32)36-44-46-47-45-36)23-27-6-5-7-30(22-27)31-14-17-34(54-4)35(24-31)57(52,53)48-18-20-55-21-19-48/h5-7,12-17,22,24,26,29,33H,8-11,18-21,23,25H2,1-4H3,(H,41,51)(H,42,50)(H,43,49)(H,44,45,46,47). The third-order valence-corrected chi connectivity index (χ3v) is 11.9. The number of anilines is 1. The summed E-state index contributed by atoms with van der Waals surface area (Å²) < 4.78 is 45.0. The summed E-state index contributed by atoms with van der Waals surface area (Å²) in [6.45, 7) is 7.02. The van der Waals surface area contributed by atoms with E-state index in [9.17, 15) is 22.8 Å². The fraction of sp³-hybridized carbons (Fsp3) is 0.450. The first-order chi connectivity index (χ1) is 27.3. The largest absolute Gasteiger partial charge is 0.495 e. The second kappa shape index (κ2) is 18.3. The Morgan fingerprint density at radius 1 is 0.947 bits per heavy atom. The fourth-order valence-electron chi connectivity index (χ4n) is 6.98. The summed E-state index contributed by atoms with van der Waals surface area (Å²) in [7, 11) is -2.43. The van der Waals surface area contributed by atoms with Gasteiger partial charge in [0, 0.05) is 43.2 Å². The summed E-state index contributed by atoms with van der Waals surface area (Å²) in [5.41, 5.74) is 2.77. The van der Waals surface area contributed by atoms with Crippen LogP contribution >= 0.6 is 0 Å². The highest BCUT2D eigenvalue weighted by atomic mass is 32.2. The summed E-state index contributed by atoms with van der Waals surface area (Å²) >= 11 is 0. The lowest BCUT2D eigenvalue weighted by Crippen LogP contribution is -2.48. The van der Waals surface area contributed by atoms with E-state index in [0.29, 0.717) is 55.2 Å². The Bertz CT molecular complexity index is 2110. The molecular weight excluding hydrogens is 753 g/mol. The number of hydrogen-bond donors (Lipinski definition) is 4. The van der Waals surface area contributed by atoms with E-state index in [0.717, 1.165) is 24.0 Å². The van der Waals surface area contributed by atoms with Crippen molar-refractivity contribution in [2.75, 3.05) is 45.3 Å². The molecule has 1 aliphatic heterocycles. The van der Waals surface area contributed by atoms with Crippen molar-refractivity contribution in [3.8, 4) is 28.3 Å². The Labute approximate surface area is 332 Å². The lowest BCUT2D eigenvalue weighted by Gasteiger charge is -2.29. The van der Waals surface area contributed by atoms with Crippen molar-refractivity contribution in [1.82, 2.24) is 35.6 Å². The summed E-state index contributed by atoms with van der Waals surface area (Å²) in [6, 6.07) is 18.5. The number of morpholine rings is 1. The topological polar surface area (TPSA) is 207 Å². The summed E-state index contributed by atoms with van der Waals surface area (Å²) in [4.78, 5) is 40.0. The fourth-order valence-corrected chi connectivity index (χ4v) is 8.57. The van der Waals surface area contributed by atoms with Crippen LogP contribution in [0.4, 0.5) is 10.5 Å². The van der Waals surface area contributed by atoms with Gasteiger partial charge in [-0.25, -0.2) is 13.2 Å². The van der Waals surface area contributed by atoms with Gasteiger partial charge in [0.15, 0.2) is 0 Å². The van der Waals surface area contributed by atoms with Gasteiger partial charge in [-0.15, -0.1) is 10.2 Å². The van der Waals surface area contributed by atoms with Crippen LogP contribution in [0.2, 0.25) is 0 Å². The highest BCUT2D eigenvalue weighted by molar-refractivity contribution is 7.89. The van der Waals surface area contributed by atoms with Crippen LogP contribution in [0.3, 0.4) is 0 Å². The normalized spacial score (nSPS) is 18.2. The Balaban J connectivity index is 1.18. The molecule has 0 bridgehead atoms. The second-order valence-electron chi connectivity index (χ2n) is 15.3. The molecule has 4 aromatic rings. The molecule has 17 heteroatoms. The number of alkyl carbamates (subject to hydrolysis) is 1. The molecule has 4 N–H and O–H groups in total. The van der Waals surface area contributed by atoms with Gasteiger partial charge in [0.1, 0.15) is 22.3 Å². The van der Waals surface area contributed by atoms with Gasteiger partial charge in [-0.05, 0) is 111 Å². The van der Waals surface area contributed by atoms with Gasteiger partial charge < -0.3 is 30.2 Å². The van der Waals surface area contributed by atoms with E-state index >= 15 is 0 Å². The molecule has 2 heterocycles. The van der Waals surface area contributed by atoms with E-state index < -0.39 is 33.7 Å². The molecule has 1 saturated carbocycles. The number of methoxy groups -OCH3 is 1. The Hall–Kier alpha value is -5.39. The van der Waals surface area contributed by atoms with Crippen molar-refractivity contribution in [2.24, 2.45) is 11.8 Å². The predicted molar refractivity (Wildman–Crippen MR) is 212 cm³/mol. The molecule has 1 unspecified atom stereocenters. The Morgan fingerprint density at radius 3 is 2.32 bits per heavy atom. The maximum Gasteiger partial charge on any atom is 0.407 e. The number of tetrazole rings is 1. The van der Waals surface area contributed by atoms with Crippen LogP contribution in [0.15, 0.2) is 71.6 Å². The molecule has 57 heavy (non-hydrogen) atoms. The number of benzene rings is 3. The quantitative estimate of drug-likeness (QED) is 0.147. The van der Waals surface area contributed by atoms with Crippen LogP contribution < -0.4 is 20.7 Å². The minimum Gasteiger partial charge on any atom is -0.495 e. The highest BCUT2D eigenvalue weighted by Crippen LogP contribution is 2.33. The number of carbonyl (C=O) groups excluding carboxylic acids is 3. The average Bonchev–Trinajstić information content (AvgIpc) is 3.75. The van der Waals surface area contributed by atoms with E-state index in [2.05, 4.69) is 36.6 Å². The summed E-state index contributed by atoms with van der Waals surface area (Å²) in [5, 5.41) is 22.8. The molecule has 2 aliphatic rings. The molecule has 16 nitrogen and oxygen atoms in total. The van der Waals surface area contributed by atoms with Crippen molar-refractivity contribution in [3.63, 3.8) is 0 Å². The van der Waals surface area contributed by atoms with Gasteiger partial charge >= 0.3 is 6.09 Å². The van der Waals surface area contributed by atoms with E-state index in [1.807, 2.05) is 45.0 Å². The third kappa shape index (κ3) is 10.9. The highest BCUT2D eigenvalue weighted by Gasteiger charge is 2.32. The minimum atomic E-state index is -3.87. The molecule has 3 aromatic carbocycles. The maximum absolute atomic E-state index is 14.0. The van der Waals surface area contributed by atoms with Gasteiger partial charge in [-0.1, -0.05) is 30.3 Å². The number of aromatic nitrogens is 4. The Kier molecular flexibility index (Phi) is 13.2. The molecule has 2 fully saturated rings. The number of nitrogens with zero attached hydrogens (tertiary/aromatic N) is 4. The van der Waals surface area contributed by atoms with Crippen molar-refractivity contribution in [2.45, 2.75) is 69.4 Å². The first-order valence-electron chi connectivity index (χ1n) is 19.1. The first-order valence-corrected chi connectivity index (χ1v) is 20.5. The number of ether oxygens (including phenoxy) is 3. The number of nitrogens with one attached hydrogen (secondary N) is 4. The van der Waals surface area contributed by atoms with Gasteiger partial charge in [0.2, 0.25) is 27.7 Å². The number of hydrogen-bond acceptors (Lipinski definition) is 11. The van der Waals surface area contributed by atoms with E-state index in [1.165, 1.54) is 11.4 Å². The molecule has 3 amide bonds. The maximum atomic E-state index is 14.0. The van der Waals surface area contributed by atoms with Gasteiger partial charge in [0.25, 0.3) is 0 Å². The van der Waals surface area contributed by atoms with Crippen LogP contribution in [-0.4, -0.2) is 103 Å². The molecule has 1 saturated heterocycles. The average molecular weight is 803 g/mol. The SMILES string of the molecule is COc1ccc(-c2cccc(CC(NC(=O)C3CCC(CNC(=O)OC(C)(C)C)CC3)C(=O)Nc3ccc(-c4nn[nH]n4)cc3)c2)cc1S(=O)(=O)N1CCOCC1. The lowest BCUT2D eigenvalue weighted by molar-refractivity contribution is -0.130. The minimum absolute atomic E-state index is 0.0556. The van der Waals surface area contributed by atoms with Crippen molar-refractivity contribution < 1.29 is 37.0 Å². The molecular formula is C40H50N8O8S. The van der Waals surface area contributed by atoms with E-state index in [4.69, 9.17) is 14.2 Å². The Morgan fingerprint density at radius 2 is 1.65 bits per heavy atom. The van der Waals surface area contributed by atoms with Crippen LogP contribution in [0.5, 0.6) is 5.75 Å². The molecule has 6 rings (SSSR count). The molecule has 0 spiro atoms. The number of sulfonamides is 1. The first kappa shape index (κ1) is 41.2. The van der Waals surface area contributed by atoms with Crippen LogP contribution in [0.1, 0.15) is 52.0 Å². The summed E-state index contributed by atoms with van der Waals surface area (Å²) in [5.74, 6) is -0.0635. The zero-order valence-electron chi connectivity index (χ0n) is 32.6. The third-order valence-electron chi connectivity index (χ3n) is 9.99. The van der Waals surface area contributed by atoms with E-state index in [-0.39, 0.29) is 47.9 Å². The molecule has 0 radical (unpaired) electrons. The van der Waals surface area contributed by atoms with Crippen LogP contribution in [-0.2, 0) is 35.5 Å². The molecule has 1 atom stereocenters. The smallest absolute Gasteiger partial charge is 0.407 e. The molecule has 1 aliphatic carbocycles. The summed E-state index contributed by atoms with van der Waals surface area (Å²) in [6.07, 6.45) is 2.41. The molecule has 304 valence electrons. The van der Waals surface area contributed by atoms with Crippen LogP contribution in [0.25, 0.3) is 22.5 Å². The van der Waals surface area contributed by atoms with Crippen molar-refractivity contribution in [3.05, 3.63) is 72.3 Å². The van der Waals surface area contributed by atoms with Crippen LogP contribution in [0, 0.1) is 11.8 Å². The number of amides is 3. The van der Waals surface area contributed by atoms with Crippen molar-refractivity contribution >= 4 is 33.6 Å². The van der Waals surface area contributed by atoms with Crippen molar-refractivity contribution in [1.29, 1.82) is 0 Å². The van der Waals surface area contributed by atoms with Gasteiger partial charge in [-0.2, -0.15) is 9.52 Å². The van der Waals surface area contributed by atoms with E-state index in [1.54, 1.807) is 42.5 Å². The monoisotopic (exact) mass is 802 g/mol. The van der Waals surface area contributed by atoms with Gasteiger partial charge in [-0.3, -0.25) is 9.59 Å². The lowest BCUT2D eigenvalue weighted by atomic mass is 9.81. The number of H-pyrrole nitrogens is 1. The number of aromatic amines is 1. The predicted octanol–water partition coefficient (Wildman–Crippen LogP) is 4.56.